The molecule has 128 valence electrons. The van der Waals surface area contributed by atoms with Gasteiger partial charge in [0.1, 0.15) is 18.3 Å². The summed E-state index contributed by atoms with van der Waals surface area (Å²) in [4.78, 5) is 22.4. The summed E-state index contributed by atoms with van der Waals surface area (Å²) in [5, 5.41) is 19.4. The molecule has 9 heteroatoms. The maximum Gasteiger partial charge on any atom is 0.305 e. The van der Waals surface area contributed by atoms with Crippen LogP contribution >= 0.6 is 0 Å². The predicted octanol–water partition coefficient (Wildman–Crippen LogP) is -1.41. The first-order valence-electron chi connectivity index (χ1n) is 6.80. The summed E-state index contributed by atoms with van der Waals surface area (Å²) in [6.07, 6.45) is -5.78. The Kier molecular flexibility index (Phi) is 7.69. The molecule has 22 heavy (non-hydrogen) atoms. The van der Waals surface area contributed by atoms with Gasteiger partial charge in [-0.15, -0.1) is 0 Å². The second kappa shape index (κ2) is 9.01. The third-order valence-corrected chi connectivity index (χ3v) is 2.98. The SMILES string of the molecule is COCCO[C@@H]1[C@H](O)[C@@H](CO)OC(OC(C)=O)[C@@H]1OC(C)=O. The minimum absolute atomic E-state index is 0.112. The third-order valence-electron chi connectivity index (χ3n) is 2.98. The predicted molar refractivity (Wildman–Crippen MR) is 70.7 cm³/mol. The molecule has 2 N–H and O–H groups in total. The molecule has 0 aromatic rings. The fraction of sp³-hybridized carbons (Fsp3) is 0.846. The van der Waals surface area contributed by atoms with Crippen LogP contribution in [0.3, 0.4) is 0 Å². The Hall–Kier alpha value is -1.26. The Balaban J connectivity index is 2.93. The summed E-state index contributed by atoms with van der Waals surface area (Å²) < 4.78 is 25.6. The van der Waals surface area contributed by atoms with Crippen LogP contribution in [-0.4, -0.2) is 79.8 Å². The Labute approximate surface area is 128 Å². The minimum Gasteiger partial charge on any atom is -0.453 e. The molecule has 5 atom stereocenters. The van der Waals surface area contributed by atoms with Crippen molar-refractivity contribution >= 4 is 11.9 Å². The van der Waals surface area contributed by atoms with E-state index >= 15 is 0 Å². The lowest BCUT2D eigenvalue weighted by Crippen LogP contribution is -2.61. The zero-order valence-corrected chi connectivity index (χ0v) is 12.8. The van der Waals surface area contributed by atoms with Crippen LogP contribution in [0.4, 0.5) is 0 Å². The lowest BCUT2D eigenvalue weighted by molar-refractivity contribution is -0.302. The standard InChI is InChI=1S/C13H22O9/c1-7(15)20-12-11(19-5-4-18-3)10(17)9(6-14)22-13(12)21-8(2)16/h9-14,17H,4-6H2,1-3H3/t9-,10-,11-,12-,13?/m1/s1. The average Bonchev–Trinajstić information content (AvgIpc) is 2.44. The molecule has 9 nitrogen and oxygen atoms in total. The van der Waals surface area contributed by atoms with Crippen molar-refractivity contribution in [2.24, 2.45) is 0 Å². The molecule has 0 aliphatic carbocycles. The van der Waals surface area contributed by atoms with Crippen LogP contribution in [-0.2, 0) is 33.3 Å². The van der Waals surface area contributed by atoms with E-state index in [1.807, 2.05) is 0 Å². The molecule has 0 radical (unpaired) electrons. The van der Waals surface area contributed by atoms with Gasteiger partial charge in [-0.25, -0.2) is 0 Å². The van der Waals surface area contributed by atoms with Gasteiger partial charge in [0, 0.05) is 21.0 Å². The van der Waals surface area contributed by atoms with Crippen LogP contribution in [0.2, 0.25) is 0 Å². The first-order valence-corrected chi connectivity index (χ1v) is 6.80. The molecular formula is C13H22O9. The van der Waals surface area contributed by atoms with Gasteiger partial charge >= 0.3 is 11.9 Å². The number of methoxy groups -OCH3 is 1. The van der Waals surface area contributed by atoms with Crippen LogP contribution < -0.4 is 0 Å². The normalized spacial score (nSPS) is 31.6. The van der Waals surface area contributed by atoms with Gasteiger partial charge in [-0.2, -0.15) is 0 Å². The molecule has 0 aromatic heterocycles. The van der Waals surface area contributed by atoms with Gasteiger partial charge in [-0.3, -0.25) is 9.59 Å². The number of carbonyl (C=O) groups is 2. The summed E-state index contributed by atoms with van der Waals surface area (Å²) in [5.74, 6) is -1.31. The first kappa shape index (κ1) is 18.8. The van der Waals surface area contributed by atoms with Crippen molar-refractivity contribution in [2.75, 3.05) is 26.9 Å². The molecule has 0 saturated carbocycles. The van der Waals surface area contributed by atoms with E-state index in [0.29, 0.717) is 0 Å². The van der Waals surface area contributed by atoms with Crippen LogP contribution in [0.25, 0.3) is 0 Å². The van der Waals surface area contributed by atoms with Crippen molar-refractivity contribution in [3.8, 4) is 0 Å². The number of aliphatic hydroxyl groups excluding tert-OH is 2. The number of esters is 2. The summed E-state index contributed by atoms with van der Waals surface area (Å²) in [6.45, 7) is 2.17. The molecule has 0 aromatic carbocycles. The van der Waals surface area contributed by atoms with Gasteiger partial charge in [0.15, 0.2) is 6.10 Å². The molecule has 1 rings (SSSR count). The van der Waals surface area contributed by atoms with Crippen molar-refractivity contribution in [1.29, 1.82) is 0 Å². The highest BCUT2D eigenvalue weighted by atomic mass is 16.7. The molecule has 0 amide bonds. The number of hydrogen-bond acceptors (Lipinski definition) is 9. The summed E-state index contributed by atoms with van der Waals surface area (Å²) in [5.41, 5.74) is 0. The van der Waals surface area contributed by atoms with E-state index in [9.17, 15) is 19.8 Å². The van der Waals surface area contributed by atoms with Crippen molar-refractivity contribution in [1.82, 2.24) is 0 Å². The maximum absolute atomic E-state index is 11.2. The highest BCUT2D eigenvalue weighted by Crippen LogP contribution is 2.27. The molecule has 1 saturated heterocycles. The Morgan fingerprint density at radius 3 is 2.23 bits per heavy atom. The quantitative estimate of drug-likeness (QED) is 0.430. The van der Waals surface area contributed by atoms with Gasteiger partial charge in [-0.05, 0) is 0 Å². The first-order chi connectivity index (χ1) is 10.4. The van der Waals surface area contributed by atoms with Gasteiger partial charge in [0.05, 0.1) is 19.8 Å². The van der Waals surface area contributed by atoms with E-state index < -0.39 is 49.3 Å². The monoisotopic (exact) mass is 322 g/mol. The van der Waals surface area contributed by atoms with Crippen molar-refractivity contribution < 1.29 is 43.5 Å². The summed E-state index contributed by atoms with van der Waals surface area (Å²) >= 11 is 0. The summed E-state index contributed by atoms with van der Waals surface area (Å²) in [6, 6.07) is 0. The lowest BCUT2D eigenvalue weighted by Gasteiger charge is -2.42. The molecule has 0 bridgehead atoms. The van der Waals surface area contributed by atoms with Gasteiger partial charge in [0.25, 0.3) is 0 Å². The van der Waals surface area contributed by atoms with Crippen LogP contribution in [0, 0.1) is 0 Å². The zero-order valence-electron chi connectivity index (χ0n) is 12.8. The Morgan fingerprint density at radius 2 is 1.73 bits per heavy atom. The Morgan fingerprint density at radius 1 is 1.09 bits per heavy atom. The van der Waals surface area contributed by atoms with Gasteiger partial charge in [-0.1, -0.05) is 0 Å². The van der Waals surface area contributed by atoms with E-state index in [4.69, 9.17) is 23.7 Å². The highest BCUT2D eigenvalue weighted by molar-refractivity contribution is 5.67. The highest BCUT2D eigenvalue weighted by Gasteiger charge is 2.49. The maximum atomic E-state index is 11.2. The number of aliphatic hydroxyl groups is 2. The van der Waals surface area contributed by atoms with Crippen molar-refractivity contribution in [3.05, 3.63) is 0 Å². The van der Waals surface area contributed by atoms with E-state index in [2.05, 4.69) is 0 Å². The third kappa shape index (κ3) is 5.18. The Bertz CT molecular complexity index is 373. The van der Waals surface area contributed by atoms with E-state index in [0.717, 1.165) is 6.92 Å². The smallest absolute Gasteiger partial charge is 0.305 e. The lowest BCUT2D eigenvalue weighted by atomic mass is 9.98. The van der Waals surface area contributed by atoms with Crippen molar-refractivity contribution in [2.45, 2.75) is 44.6 Å². The van der Waals surface area contributed by atoms with Crippen molar-refractivity contribution in [3.63, 3.8) is 0 Å². The van der Waals surface area contributed by atoms with E-state index in [1.54, 1.807) is 0 Å². The molecule has 1 heterocycles. The van der Waals surface area contributed by atoms with Crippen LogP contribution in [0.15, 0.2) is 0 Å². The van der Waals surface area contributed by atoms with Gasteiger partial charge in [0.2, 0.25) is 6.29 Å². The topological polar surface area (TPSA) is 121 Å². The number of rotatable bonds is 7. The average molecular weight is 322 g/mol. The largest absolute Gasteiger partial charge is 0.453 e. The summed E-state index contributed by atoms with van der Waals surface area (Å²) in [7, 11) is 1.48. The van der Waals surface area contributed by atoms with E-state index in [-0.39, 0.29) is 13.2 Å². The molecular weight excluding hydrogens is 300 g/mol. The second-order valence-corrected chi connectivity index (χ2v) is 4.73. The van der Waals surface area contributed by atoms with Gasteiger partial charge < -0.3 is 33.9 Å². The fourth-order valence-corrected chi connectivity index (χ4v) is 2.08. The zero-order chi connectivity index (χ0) is 16.7. The molecule has 1 aliphatic rings. The number of ether oxygens (including phenoxy) is 5. The van der Waals surface area contributed by atoms with Crippen LogP contribution in [0.1, 0.15) is 13.8 Å². The molecule has 0 spiro atoms. The van der Waals surface area contributed by atoms with E-state index in [1.165, 1.54) is 14.0 Å². The fourth-order valence-electron chi connectivity index (χ4n) is 2.08. The molecule has 1 unspecified atom stereocenters. The number of hydrogen-bond donors (Lipinski definition) is 2. The number of carbonyl (C=O) groups excluding carboxylic acids is 2. The second-order valence-electron chi connectivity index (χ2n) is 4.73. The van der Waals surface area contributed by atoms with Crippen LogP contribution in [0.5, 0.6) is 0 Å². The minimum atomic E-state index is -1.28. The molecule has 1 fully saturated rings. The molecule has 1 aliphatic heterocycles.